The van der Waals surface area contributed by atoms with Gasteiger partial charge in [-0.05, 0) is 78.5 Å². The highest BCUT2D eigenvalue weighted by Crippen LogP contribution is 2.43. The van der Waals surface area contributed by atoms with Gasteiger partial charge in [0.2, 0.25) is 0 Å². The van der Waals surface area contributed by atoms with E-state index in [1.54, 1.807) is 43.6 Å². The summed E-state index contributed by atoms with van der Waals surface area (Å²) in [6.45, 7) is 3.18. The third-order valence-electron chi connectivity index (χ3n) is 9.03. The van der Waals surface area contributed by atoms with Gasteiger partial charge in [-0.2, -0.15) is 0 Å². The van der Waals surface area contributed by atoms with Crippen LogP contribution in [0.4, 0.5) is 0 Å². The number of unbranched alkanes of at least 4 members (excludes halogenated alkanes) is 2. The van der Waals surface area contributed by atoms with E-state index < -0.39 is 0 Å². The molecule has 0 radical (unpaired) electrons. The van der Waals surface area contributed by atoms with Crippen LogP contribution in [0.15, 0.2) is 48.5 Å². The summed E-state index contributed by atoms with van der Waals surface area (Å²) in [6.07, 6.45) is 15.5. The van der Waals surface area contributed by atoms with Crippen LogP contribution < -0.4 is 0 Å². The molecule has 1 saturated heterocycles. The van der Waals surface area contributed by atoms with Crippen molar-refractivity contribution in [2.45, 2.75) is 102 Å². The molecule has 1 aliphatic heterocycles. The zero-order valence-corrected chi connectivity index (χ0v) is 23.1. The van der Waals surface area contributed by atoms with Crippen LogP contribution in [0.2, 0.25) is 18.1 Å². The maximum Gasteiger partial charge on any atom is 0.0465 e. The quantitative estimate of drug-likeness (QED) is 0.232. The van der Waals surface area contributed by atoms with Crippen LogP contribution in [0.5, 0.6) is 0 Å². The first-order chi connectivity index (χ1) is 16.8. The SMILES string of the molecule is CCCCC[SiH]1CCC(C2CCC(c3ccc(-c4ccc(CCCOC)cc4)cc3)CC2)CC1. The molecule has 0 amide bonds. The number of methoxy groups -OCH3 is 1. The fourth-order valence-corrected chi connectivity index (χ4v) is 10.3. The first-order valence-corrected chi connectivity index (χ1v) is 16.9. The van der Waals surface area contributed by atoms with Gasteiger partial charge < -0.3 is 4.74 Å². The molecule has 0 N–H and O–H groups in total. The molecule has 2 aromatic carbocycles. The highest BCUT2D eigenvalue weighted by atomic mass is 28.3. The monoisotopic (exact) mass is 476 g/mol. The zero-order chi connectivity index (χ0) is 23.6. The predicted octanol–water partition coefficient (Wildman–Crippen LogP) is 9.03. The summed E-state index contributed by atoms with van der Waals surface area (Å²) in [4.78, 5) is 0. The zero-order valence-electron chi connectivity index (χ0n) is 21.9. The molecule has 2 aromatic rings. The molecule has 0 unspecified atom stereocenters. The molecule has 1 saturated carbocycles. The average Bonchev–Trinajstić information content (AvgIpc) is 2.90. The number of benzene rings is 2. The number of ether oxygens (including phenoxy) is 1. The number of hydrogen-bond donors (Lipinski definition) is 0. The lowest BCUT2D eigenvalue weighted by Gasteiger charge is -2.37. The van der Waals surface area contributed by atoms with Crippen molar-refractivity contribution in [3.05, 3.63) is 59.7 Å². The molecule has 1 nitrogen and oxygen atoms in total. The number of aryl methyl sites for hydroxylation is 1. The Hall–Kier alpha value is -1.38. The van der Waals surface area contributed by atoms with Crippen molar-refractivity contribution in [2.75, 3.05) is 13.7 Å². The van der Waals surface area contributed by atoms with E-state index in [4.69, 9.17) is 4.74 Å². The molecule has 4 rings (SSSR count). The van der Waals surface area contributed by atoms with Crippen LogP contribution in [0.1, 0.15) is 88.2 Å². The van der Waals surface area contributed by atoms with E-state index in [0.29, 0.717) is 0 Å². The van der Waals surface area contributed by atoms with E-state index in [9.17, 15) is 0 Å². The van der Waals surface area contributed by atoms with Crippen molar-refractivity contribution in [2.24, 2.45) is 11.8 Å². The molecule has 2 fully saturated rings. The standard InChI is InChI=1S/C32H48OSi/c1-3-4-5-23-34-24-20-32(21-25-34)31-18-16-30(17-19-31)29-14-12-28(13-15-29)27-10-8-26(9-11-27)7-6-22-33-2/h8-15,30-32,34H,3-7,16-25H2,1-2H3. The average molecular weight is 477 g/mol. The summed E-state index contributed by atoms with van der Waals surface area (Å²) < 4.78 is 5.17. The summed E-state index contributed by atoms with van der Waals surface area (Å²) in [7, 11) is 1.42. The van der Waals surface area contributed by atoms with Gasteiger partial charge in [0.25, 0.3) is 0 Å². The highest BCUT2D eigenvalue weighted by molar-refractivity contribution is 6.58. The predicted molar refractivity (Wildman–Crippen MR) is 151 cm³/mol. The fourth-order valence-electron chi connectivity index (χ4n) is 6.79. The minimum absolute atomic E-state index is 0.358. The normalized spacial score (nSPS) is 25.4. The molecule has 0 bridgehead atoms. The first kappa shape index (κ1) is 25.7. The lowest BCUT2D eigenvalue weighted by atomic mass is 9.72. The second-order valence-corrected chi connectivity index (χ2v) is 14.8. The minimum atomic E-state index is -0.358. The van der Waals surface area contributed by atoms with Gasteiger partial charge in [0.15, 0.2) is 0 Å². The molecular formula is C32H48OSi. The van der Waals surface area contributed by atoms with Crippen LogP contribution in [0, 0.1) is 11.8 Å². The van der Waals surface area contributed by atoms with Gasteiger partial charge in [-0.25, -0.2) is 0 Å². The van der Waals surface area contributed by atoms with Crippen molar-refractivity contribution in [3.8, 4) is 11.1 Å². The van der Waals surface area contributed by atoms with Gasteiger partial charge in [0.1, 0.15) is 0 Å². The molecule has 0 spiro atoms. The van der Waals surface area contributed by atoms with Crippen molar-refractivity contribution < 1.29 is 4.74 Å². The maximum absolute atomic E-state index is 5.17. The molecule has 186 valence electrons. The maximum atomic E-state index is 5.17. The summed E-state index contributed by atoms with van der Waals surface area (Å²) in [6, 6.07) is 23.6. The highest BCUT2D eigenvalue weighted by Gasteiger charge is 2.31. The Labute approximate surface area is 211 Å². The first-order valence-electron chi connectivity index (χ1n) is 14.4. The molecule has 1 aliphatic carbocycles. The second-order valence-electron chi connectivity index (χ2n) is 11.3. The van der Waals surface area contributed by atoms with Crippen LogP contribution in [-0.4, -0.2) is 22.5 Å². The van der Waals surface area contributed by atoms with Gasteiger partial charge in [-0.1, -0.05) is 106 Å². The Bertz CT molecular complexity index is 811. The van der Waals surface area contributed by atoms with E-state index in [1.807, 2.05) is 0 Å². The molecule has 2 heteroatoms. The molecule has 2 aliphatic rings. The largest absolute Gasteiger partial charge is 0.385 e. The molecule has 1 heterocycles. The Morgan fingerprint density at radius 1 is 0.735 bits per heavy atom. The van der Waals surface area contributed by atoms with Crippen LogP contribution in [0.3, 0.4) is 0 Å². The Morgan fingerprint density at radius 3 is 1.97 bits per heavy atom. The van der Waals surface area contributed by atoms with Crippen LogP contribution in [-0.2, 0) is 11.2 Å². The van der Waals surface area contributed by atoms with Gasteiger partial charge >= 0.3 is 0 Å². The van der Waals surface area contributed by atoms with Crippen molar-refractivity contribution in [3.63, 3.8) is 0 Å². The Morgan fingerprint density at radius 2 is 1.35 bits per heavy atom. The van der Waals surface area contributed by atoms with E-state index in [0.717, 1.165) is 37.2 Å². The Kier molecular flexibility index (Phi) is 10.3. The van der Waals surface area contributed by atoms with E-state index in [2.05, 4.69) is 55.5 Å². The van der Waals surface area contributed by atoms with Gasteiger partial charge in [-0.3, -0.25) is 0 Å². The van der Waals surface area contributed by atoms with Crippen molar-refractivity contribution >= 4 is 8.80 Å². The third kappa shape index (κ3) is 7.31. The second kappa shape index (κ2) is 13.6. The van der Waals surface area contributed by atoms with E-state index >= 15 is 0 Å². The smallest absolute Gasteiger partial charge is 0.0465 e. The molecule has 0 aromatic heterocycles. The minimum Gasteiger partial charge on any atom is -0.385 e. The summed E-state index contributed by atoms with van der Waals surface area (Å²) in [5, 5.41) is 0. The van der Waals surface area contributed by atoms with Crippen LogP contribution in [0.25, 0.3) is 11.1 Å². The Balaban J connectivity index is 1.22. The lowest BCUT2D eigenvalue weighted by Crippen LogP contribution is -2.28. The van der Waals surface area contributed by atoms with Gasteiger partial charge in [0.05, 0.1) is 0 Å². The van der Waals surface area contributed by atoms with Gasteiger partial charge in [-0.15, -0.1) is 0 Å². The van der Waals surface area contributed by atoms with Crippen LogP contribution >= 0.6 is 0 Å². The van der Waals surface area contributed by atoms with Gasteiger partial charge in [0, 0.05) is 22.5 Å². The third-order valence-corrected chi connectivity index (χ3v) is 12.6. The van der Waals surface area contributed by atoms with Crippen molar-refractivity contribution in [1.29, 1.82) is 0 Å². The number of hydrogen-bond acceptors (Lipinski definition) is 1. The summed E-state index contributed by atoms with van der Waals surface area (Å²) >= 11 is 0. The fraction of sp³-hybridized carbons (Fsp3) is 0.625. The summed E-state index contributed by atoms with van der Waals surface area (Å²) in [5.41, 5.74) is 5.66. The topological polar surface area (TPSA) is 9.23 Å². The molecular weight excluding hydrogens is 428 g/mol. The lowest BCUT2D eigenvalue weighted by molar-refractivity contribution is 0.195. The molecule has 34 heavy (non-hydrogen) atoms. The van der Waals surface area contributed by atoms with Crippen molar-refractivity contribution in [1.82, 2.24) is 0 Å². The van der Waals surface area contributed by atoms with E-state index in [1.165, 1.54) is 61.6 Å². The number of rotatable bonds is 11. The van der Waals surface area contributed by atoms with E-state index in [-0.39, 0.29) is 8.80 Å². The molecule has 0 atom stereocenters. The summed E-state index contributed by atoms with van der Waals surface area (Å²) in [5.74, 6) is 2.88.